The van der Waals surface area contributed by atoms with Gasteiger partial charge in [-0.05, 0) is 0 Å². The lowest BCUT2D eigenvalue weighted by Crippen LogP contribution is -2.67. The second-order valence-electron chi connectivity index (χ2n) is 6.26. The molecule has 0 saturated carbocycles. The molecule has 10 atom stereocenters. The van der Waals surface area contributed by atoms with Crippen LogP contribution in [0.3, 0.4) is 0 Å². The smallest absolute Gasteiger partial charge is 0.217 e. The first-order chi connectivity index (χ1) is 12.2. The predicted octanol–water partition coefficient (Wildman–Crippen LogP) is -5.25. The zero-order chi connectivity index (χ0) is 19.6. The number of aliphatic hydroxyl groups is 7. The van der Waals surface area contributed by atoms with E-state index in [1.54, 1.807) is 0 Å². The summed E-state index contributed by atoms with van der Waals surface area (Å²) < 4.78 is 15.6. The molecule has 26 heavy (non-hydrogen) atoms. The van der Waals surface area contributed by atoms with Crippen LogP contribution in [0.5, 0.6) is 0 Å². The van der Waals surface area contributed by atoms with Crippen molar-refractivity contribution < 1.29 is 54.8 Å². The first-order valence-corrected chi connectivity index (χ1v) is 8.06. The fourth-order valence-corrected chi connectivity index (χ4v) is 2.97. The Morgan fingerprint density at radius 1 is 0.923 bits per heavy atom. The molecule has 8 N–H and O–H groups in total. The number of ether oxygens (including phenoxy) is 3. The average molecular weight is 383 g/mol. The van der Waals surface area contributed by atoms with Crippen LogP contribution < -0.4 is 5.32 Å². The number of hydrogen-bond donors (Lipinski definition) is 8. The summed E-state index contributed by atoms with van der Waals surface area (Å²) in [6, 6.07) is -1.29. The van der Waals surface area contributed by atoms with Crippen LogP contribution in [-0.4, -0.2) is 116 Å². The SMILES string of the molecule is CC(=O)NC1[C@H](O[C@@H]2C(O)[C@H](O)OC(CO)[C@@H]2O)OC(CO)[C@@H](O)[C@@H]1O. The number of amides is 1. The highest BCUT2D eigenvalue weighted by Crippen LogP contribution is 2.28. The van der Waals surface area contributed by atoms with Crippen LogP contribution in [0.25, 0.3) is 0 Å². The van der Waals surface area contributed by atoms with Gasteiger partial charge >= 0.3 is 0 Å². The number of carbonyl (C=O) groups excluding carboxylic acids is 1. The molecule has 2 aliphatic heterocycles. The summed E-state index contributed by atoms with van der Waals surface area (Å²) in [7, 11) is 0. The molecule has 2 aliphatic rings. The summed E-state index contributed by atoms with van der Waals surface area (Å²) in [5.41, 5.74) is 0. The molecule has 1 amide bonds. The first kappa shape index (κ1) is 21.4. The Morgan fingerprint density at radius 3 is 2.04 bits per heavy atom. The van der Waals surface area contributed by atoms with Crippen molar-refractivity contribution in [1.82, 2.24) is 5.32 Å². The Hall–Kier alpha value is -0.930. The molecule has 0 radical (unpaired) electrons. The lowest BCUT2D eigenvalue weighted by atomic mass is 9.95. The van der Waals surface area contributed by atoms with Gasteiger partial charge < -0.3 is 55.3 Å². The summed E-state index contributed by atoms with van der Waals surface area (Å²) in [6.07, 6.45) is -13.7. The van der Waals surface area contributed by atoms with Gasteiger partial charge in [-0.1, -0.05) is 0 Å². The van der Waals surface area contributed by atoms with Crippen LogP contribution in [0.2, 0.25) is 0 Å². The van der Waals surface area contributed by atoms with E-state index in [0.717, 1.165) is 6.92 Å². The van der Waals surface area contributed by atoms with Crippen LogP contribution >= 0.6 is 0 Å². The third-order valence-corrected chi connectivity index (χ3v) is 4.38. The highest BCUT2D eigenvalue weighted by Gasteiger charge is 2.50. The summed E-state index contributed by atoms with van der Waals surface area (Å²) >= 11 is 0. The molecule has 2 rings (SSSR count). The molecule has 12 nitrogen and oxygen atoms in total. The fourth-order valence-electron chi connectivity index (χ4n) is 2.97. The Morgan fingerprint density at radius 2 is 1.50 bits per heavy atom. The minimum Gasteiger partial charge on any atom is -0.394 e. The summed E-state index contributed by atoms with van der Waals surface area (Å²) in [5, 5.41) is 70.8. The number of aliphatic hydroxyl groups excluding tert-OH is 7. The molecule has 0 aliphatic carbocycles. The van der Waals surface area contributed by atoms with Gasteiger partial charge in [0.05, 0.1) is 13.2 Å². The van der Waals surface area contributed by atoms with Gasteiger partial charge in [0.15, 0.2) is 12.6 Å². The quantitative estimate of drug-likeness (QED) is 0.226. The third-order valence-electron chi connectivity index (χ3n) is 4.38. The lowest BCUT2D eigenvalue weighted by Gasteiger charge is -2.46. The van der Waals surface area contributed by atoms with E-state index in [-0.39, 0.29) is 0 Å². The Kier molecular flexibility index (Phi) is 7.27. The van der Waals surface area contributed by atoms with Gasteiger partial charge in [-0.2, -0.15) is 0 Å². The maximum absolute atomic E-state index is 11.4. The van der Waals surface area contributed by atoms with Gasteiger partial charge in [-0.15, -0.1) is 0 Å². The van der Waals surface area contributed by atoms with E-state index in [9.17, 15) is 40.5 Å². The van der Waals surface area contributed by atoms with Crippen LogP contribution in [0.1, 0.15) is 6.92 Å². The topological polar surface area (TPSA) is 198 Å². The zero-order valence-corrected chi connectivity index (χ0v) is 14.0. The van der Waals surface area contributed by atoms with Crippen molar-refractivity contribution in [2.45, 2.75) is 68.3 Å². The molecule has 0 aromatic rings. The molecule has 0 bridgehead atoms. The van der Waals surface area contributed by atoms with Crippen molar-refractivity contribution in [3.05, 3.63) is 0 Å². The van der Waals surface area contributed by atoms with Crippen molar-refractivity contribution in [2.24, 2.45) is 0 Å². The predicted molar refractivity (Wildman–Crippen MR) is 80.2 cm³/mol. The van der Waals surface area contributed by atoms with Crippen molar-refractivity contribution in [2.75, 3.05) is 13.2 Å². The summed E-state index contributed by atoms with van der Waals surface area (Å²) in [5.74, 6) is -0.581. The van der Waals surface area contributed by atoms with E-state index in [0.29, 0.717) is 0 Å². The molecule has 0 aromatic carbocycles. The maximum atomic E-state index is 11.4. The number of nitrogens with one attached hydrogen (secondary N) is 1. The van der Waals surface area contributed by atoms with Crippen LogP contribution in [0.4, 0.5) is 0 Å². The molecule has 0 spiro atoms. The highest BCUT2D eigenvalue weighted by atomic mass is 16.7. The van der Waals surface area contributed by atoms with Crippen molar-refractivity contribution in [1.29, 1.82) is 0 Å². The van der Waals surface area contributed by atoms with Crippen LogP contribution in [0.15, 0.2) is 0 Å². The van der Waals surface area contributed by atoms with Crippen molar-refractivity contribution >= 4 is 5.91 Å². The third kappa shape index (κ3) is 4.31. The molecular formula is C14H25NO11. The van der Waals surface area contributed by atoms with Gasteiger partial charge in [0, 0.05) is 6.92 Å². The molecule has 152 valence electrons. The molecule has 0 aromatic heterocycles. The largest absolute Gasteiger partial charge is 0.394 e. The first-order valence-electron chi connectivity index (χ1n) is 8.06. The Bertz CT molecular complexity index is 480. The van der Waals surface area contributed by atoms with Crippen LogP contribution in [-0.2, 0) is 19.0 Å². The molecule has 2 fully saturated rings. The fraction of sp³-hybridized carbons (Fsp3) is 0.929. The molecular weight excluding hydrogens is 358 g/mol. The van der Waals surface area contributed by atoms with Gasteiger partial charge in [0.25, 0.3) is 0 Å². The number of hydrogen-bond acceptors (Lipinski definition) is 11. The van der Waals surface area contributed by atoms with Crippen LogP contribution in [0, 0.1) is 0 Å². The zero-order valence-electron chi connectivity index (χ0n) is 14.0. The van der Waals surface area contributed by atoms with E-state index < -0.39 is 80.5 Å². The average Bonchev–Trinajstić information content (AvgIpc) is 2.60. The van der Waals surface area contributed by atoms with E-state index >= 15 is 0 Å². The second-order valence-corrected chi connectivity index (χ2v) is 6.26. The minimum atomic E-state index is -1.77. The van der Waals surface area contributed by atoms with Crippen molar-refractivity contribution in [3.63, 3.8) is 0 Å². The van der Waals surface area contributed by atoms with E-state index in [2.05, 4.69) is 5.32 Å². The van der Waals surface area contributed by atoms with E-state index in [1.807, 2.05) is 0 Å². The normalized spacial score (nSPS) is 46.8. The van der Waals surface area contributed by atoms with Gasteiger partial charge in [0.1, 0.15) is 48.8 Å². The minimum absolute atomic E-state index is 0.581. The van der Waals surface area contributed by atoms with Crippen molar-refractivity contribution in [3.8, 4) is 0 Å². The summed E-state index contributed by atoms with van der Waals surface area (Å²) in [6.45, 7) is -0.199. The molecule has 2 saturated heterocycles. The maximum Gasteiger partial charge on any atom is 0.217 e. The van der Waals surface area contributed by atoms with Gasteiger partial charge in [0.2, 0.25) is 5.91 Å². The molecule has 4 unspecified atom stereocenters. The van der Waals surface area contributed by atoms with E-state index in [4.69, 9.17) is 14.2 Å². The van der Waals surface area contributed by atoms with E-state index in [1.165, 1.54) is 0 Å². The highest BCUT2D eigenvalue weighted by molar-refractivity contribution is 5.73. The second kappa shape index (κ2) is 8.84. The van der Waals surface area contributed by atoms with Gasteiger partial charge in [-0.3, -0.25) is 4.79 Å². The Labute approximate surface area is 148 Å². The van der Waals surface area contributed by atoms with Gasteiger partial charge in [-0.25, -0.2) is 0 Å². The summed E-state index contributed by atoms with van der Waals surface area (Å²) in [4.78, 5) is 11.4. The monoisotopic (exact) mass is 383 g/mol. The lowest BCUT2D eigenvalue weighted by molar-refractivity contribution is -0.341. The molecule has 12 heteroatoms. The standard InChI is InChI=1S/C14H25NO11/c1-4(18)15-7-10(21)8(19)5(2-16)25-14(7)26-12-9(20)6(3-17)24-13(23)11(12)22/h5-14,16-17,19-23H,2-3H2,1H3,(H,15,18)/t5?,6?,7?,8-,9+,10-,11?,12+,13-,14+/m1/s1. The number of rotatable bonds is 5. The Balaban J connectivity index is 2.22. The molecule has 2 heterocycles. The number of carbonyl (C=O) groups is 1.